The van der Waals surface area contributed by atoms with E-state index in [-0.39, 0.29) is 0 Å². The SMILES string of the molecule is CN1CCc2cccc(-c3cccc(CN)c3)c2C1. The van der Waals surface area contributed by atoms with Gasteiger partial charge in [0.2, 0.25) is 0 Å². The molecule has 2 N–H and O–H groups in total. The van der Waals surface area contributed by atoms with E-state index in [1.807, 2.05) is 0 Å². The van der Waals surface area contributed by atoms with E-state index in [0.29, 0.717) is 6.54 Å². The summed E-state index contributed by atoms with van der Waals surface area (Å²) in [4.78, 5) is 2.39. The summed E-state index contributed by atoms with van der Waals surface area (Å²) in [5.74, 6) is 0. The van der Waals surface area contributed by atoms with Crippen LogP contribution in [-0.2, 0) is 19.5 Å². The Morgan fingerprint density at radius 1 is 1.16 bits per heavy atom. The highest BCUT2D eigenvalue weighted by molar-refractivity contribution is 5.69. The number of nitrogens with zero attached hydrogens (tertiary/aromatic N) is 1. The molecule has 0 saturated carbocycles. The summed E-state index contributed by atoms with van der Waals surface area (Å²) in [5.41, 5.74) is 12.6. The van der Waals surface area contributed by atoms with Crippen molar-refractivity contribution in [3.8, 4) is 11.1 Å². The van der Waals surface area contributed by atoms with Crippen molar-refractivity contribution in [3.63, 3.8) is 0 Å². The number of nitrogens with two attached hydrogens (primary N) is 1. The van der Waals surface area contributed by atoms with E-state index >= 15 is 0 Å². The first-order chi connectivity index (χ1) is 9.28. The van der Waals surface area contributed by atoms with E-state index in [0.717, 1.165) is 19.5 Å². The van der Waals surface area contributed by atoms with Crippen molar-refractivity contribution in [2.45, 2.75) is 19.5 Å². The highest BCUT2D eigenvalue weighted by Gasteiger charge is 2.16. The Hall–Kier alpha value is -1.64. The first-order valence-electron chi connectivity index (χ1n) is 6.86. The Bertz CT molecular complexity index is 590. The number of fused-ring (bicyclic) bond motifs is 1. The van der Waals surface area contributed by atoms with Crippen LogP contribution in [0.4, 0.5) is 0 Å². The minimum absolute atomic E-state index is 0.600. The van der Waals surface area contributed by atoms with Gasteiger partial charge in [0.05, 0.1) is 0 Å². The van der Waals surface area contributed by atoms with Gasteiger partial charge in [-0.3, -0.25) is 0 Å². The van der Waals surface area contributed by atoms with Crippen LogP contribution in [0, 0.1) is 0 Å². The van der Waals surface area contributed by atoms with Gasteiger partial charge in [0.25, 0.3) is 0 Å². The van der Waals surface area contributed by atoms with Gasteiger partial charge in [-0.2, -0.15) is 0 Å². The smallest absolute Gasteiger partial charge is 0.0239 e. The third-order valence-corrected chi connectivity index (χ3v) is 3.94. The maximum Gasteiger partial charge on any atom is 0.0239 e. The van der Waals surface area contributed by atoms with E-state index in [4.69, 9.17) is 5.73 Å². The molecule has 0 bridgehead atoms. The average Bonchev–Trinajstić information content (AvgIpc) is 2.46. The molecule has 1 aliphatic heterocycles. The van der Waals surface area contributed by atoms with Crippen molar-refractivity contribution >= 4 is 0 Å². The predicted octanol–water partition coefficient (Wildman–Crippen LogP) is 2.80. The van der Waals surface area contributed by atoms with Crippen LogP contribution in [0.5, 0.6) is 0 Å². The Balaban J connectivity index is 2.09. The lowest BCUT2D eigenvalue weighted by molar-refractivity contribution is 0.313. The van der Waals surface area contributed by atoms with E-state index in [9.17, 15) is 0 Å². The van der Waals surface area contributed by atoms with Gasteiger partial charge in [0.1, 0.15) is 0 Å². The molecule has 2 aromatic rings. The molecule has 98 valence electrons. The fourth-order valence-corrected chi connectivity index (χ4v) is 2.85. The zero-order chi connectivity index (χ0) is 13.2. The maximum atomic E-state index is 5.75. The van der Waals surface area contributed by atoms with Gasteiger partial charge in [-0.1, -0.05) is 36.4 Å². The lowest BCUT2D eigenvalue weighted by Gasteiger charge is -2.27. The molecule has 2 aromatic carbocycles. The van der Waals surface area contributed by atoms with Gasteiger partial charge < -0.3 is 10.6 Å². The zero-order valence-electron chi connectivity index (χ0n) is 11.4. The number of likely N-dealkylation sites (N-methyl/N-ethyl adjacent to an activating group) is 1. The van der Waals surface area contributed by atoms with Gasteiger partial charge in [-0.15, -0.1) is 0 Å². The number of hydrogen-bond donors (Lipinski definition) is 1. The number of hydrogen-bond acceptors (Lipinski definition) is 2. The molecular formula is C17H20N2. The summed E-state index contributed by atoms with van der Waals surface area (Å²) >= 11 is 0. The van der Waals surface area contributed by atoms with Crippen LogP contribution in [0.25, 0.3) is 11.1 Å². The summed E-state index contributed by atoms with van der Waals surface area (Å²) < 4.78 is 0. The molecule has 0 unspecified atom stereocenters. The largest absolute Gasteiger partial charge is 0.326 e. The molecule has 0 atom stereocenters. The second-order valence-corrected chi connectivity index (χ2v) is 5.34. The van der Waals surface area contributed by atoms with Crippen LogP contribution in [0.2, 0.25) is 0 Å². The van der Waals surface area contributed by atoms with E-state index in [2.05, 4.69) is 54.4 Å². The minimum Gasteiger partial charge on any atom is -0.326 e. The van der Waals surface area contributed by atoms with Gasteiger partial charge in [0.15, 0.2) is 0 Å². The molecule has 3 rings (SSSR count). The second-order valence-electron chi connectivity index (χ2n) is 5.34. The fourth-order valence-electron chi connectivity index (χ4n) is 2.85. The molecular weight excluding hydrogens is 232 g/mol. The molecule has 0 radical (unpaired) electrons. The van der Waals surface area contributed by atoms with Crippen LogP contribution in [0.3, 0.4) is 0 Å². The Morgan fingerprint density at radius 3 is 2.84 bits per heavy atom. The van der Waals surface area contributed by atoms with Crippen LogP contribution in [0.15, 0.2) is 42.5 Å². The highest BCUT2D eigenvalue weighted by Crippen LogP contribution is 2.30. The van der Waals surface area contributed by atoms with Gasteiger partial charge in [-0.25, -0.2) is 0 Å². The van der Waals surface area contributed by atoms with Crippen LogP contribution < -0.4 is 5.73 Å². The van der Waals surface area contributed by atoms with E-state index in [1.54, 1.807) is 0 Å². The van der Waals surface area contributed by atoms with Crippen molar-refractivity contribution in [1.82, 2.24) is 4.90 Å². The topological polar surface area (TPSA) is 29.3 Å². The molecule has 19 heavy (non-hydrogen) atoms. The van der Waals surface area contributed by atoms with Crippen LogP contribution in [-0.4, -0.2) is 18.5 Å². The van der Waals surface area contributed by atoms with Gasteiger partial charge in [-0.05, 0) is 47.4 Å². The molecule has 1 heterocycles. The summed E-state index contributed by atoms with van der Waals surface area (Å²) in [5, 5.41) is 0. The van der Waals surface area contributed by atoms with Gasteiger partial charge >= 0.3 is 0 Å². The lowest BCUT2D eigenvalue weighted by Crippen LogP contribution is -2.26. The summed E-state index contributed by atoms with van der Waals surface area (Å²) in [6.45, 7) is 2.79. The van der Waals surface area contributed by atoms with Crippen molar-refractivity contribution in [3.05, 3.63) is 59.2 Å². The Kier molecular flexibility index (Phi) is 3.36. The van der Waals surface area contributed by atoms with Crippen LogP contribution >= 0.6 is 0 Å². The predicted molar refractivity (Wildman–Crippen MR) is 79.8 cm³/mol. The van der Waals surface area contributed by atoms with Gasteiger partial charge in [0, 0.05) is 19.6 Å². The molecule has 0 aliphatic carbocycles. The first kappa shape index (κ1) is 12.4. The molecule has 1 aliphatic rings. The average molecular weight is 252 g/mol. The standard InChI is InChI=1S/C17H20N2/c1-19-9-8-14-5-3-7-16(17(14)12-19)15-6-2-4-13(10-15)11-18/h2-7,10H,8-9,11-12,18H2,1H3. The third-order valence-electron chi connectivity index (χ3n) is 3.94. The normalized spacial score (nSPS) is 15.3. The Morgan fingerprint density at radius 2 is 2.00 bits per heavy atom. The first-order valence-corrected chi connectivity index (χ1v) is 6.86. The molecule has 0 fully saturated rings. The lowest BCUT2D eigenvalue weighted by atomic mass is 9.91. The second kappa shape index (κ2) is 5.16. The number of benzene rings is 2. The summed E-state index contributed by atoms with van der Waals surface area (Å²) in [6, 6.07) is 15.3. The van der Waals surface area contributed by atoms with E-state index in [1.165, 1.54) is 27.8 Å². The molecule has 0 spiro atoms. The Labute approximate surface area is 114 Å². The minimum atomic E-state index is 0.600. The van der Waals surface area contributed by atoms with Crippen molar-refractivity contribution in [2.75, 3.05) is 13.6 Å². The maximum absolute atomic E-state index is 5.75. The molecule has 0 amide bonds. The molecule has 0 saturated heterocycles. The molecule has 0 aromatic heterocycles. The monoisotopic (exact) mass is 252 g/mol. The van der Waals surface area contributed by atoms with Crippen molar-refractivity contribution < 1.29 is 0 Å². The summed E-state index contributed by atoms with van der Waals surface area (Å²) in [6.07, 6.45) is 1.15. The summed E-state index contributed by atoms with van der Waals surface area (Å²) in [7, 11) is 2.19. The molecule has 2 nitrogen and oxygen atoms in total. The van der Waals surface area contributed by atoms with Crippen molar-refractivity contribution in [2.24, 2.45) is 5.73 Å². The van der Waals surface area contributed by atoms with Crippen LogP contribution in [0.1, 0.15) is 16.7 Å². The van der Waals surface area contributed by atoms with Crippen molar-refractivity contribution in [1.29, 1.82) is 0 Å². The highest BCUT2D eigenvalue weighted by atomic mass is 15.1. The number of rotatable bonds is 2. The fraction of sp³-hybridized carbons (Fsp3) is 0.294. The van der Waals surface area contributed by atoms with E-state index < -0.39 is 0 Å². The zero-order valence-corrected chi connectivity index (χ0v) is 11.4. The molecule has 2 heteroatoms. The quantitative estimate of drug-likeness (QED) is 0.890. The third kappa shape index (κ3) is 2.42.